The van der Waals surface area contributed by atoms with Crippen LogP contribution in [0.4, 0.5) is 0 Å². The first-order chi connectivity index (χ1) is 10.3. The average molecular weight is 382 g/mol. The largest absolute Gasteiger partial charge is 0.302 e. The number of thioether (sulfide) groups is 1. The van der Waals surface area contributed by atoms with Crippen LogP contribution in [-0.4, -0.2) is 50.2 Å². The molecule has 0 amide bonds. The Balaban J connectivity index is 1.99. The van der Waals surface area contributed by atoms with Gasteiger partial charge in [-0.05, 0) is 50.8 Å². The summed E-state index contributed by atoms with van der Waals surface area (Å²) in [5.41, 5.74) is 0. The zero-order valence-corrected chi connectivity index (χ0v) is 15.9. The van der Waals surface area contributed by atoms with Crippen molar-refractivity contribution in [3.8, 4) is 0 Å². The van der Waals surface area contributed by atoms with Gasteiger partial charge in [0.05, 0.1) is 15.7 Å². The van der Waals surface area contributed by atoms with Crippen LogP contribution in [0.5, 0.6) is 0 Å². The highest BCUT2D eigenvalue weighted by Crippen LogP contribution is 2.31. The highest BCUT2D eigenvalue weighted by atomic mass is 35.5. The standard InChI is InChI=1S/C15H21Cl2NO2S2/c1-18(12-4-5-13(10-12)21-2)7-8-22(19,20)15-9-11(16)3-6-14(15)17/h3,6,9,12-13H,4-5,7-8,10H2,1-2H3. The van der Waals surface area contributed by atoms with Gasteiger partial charge >= 0.3 is 0 Å². The van der Waals surface area contributed by atoms with E-state index < -0.39 is 9.84 Å². The first-order valence-electron chi connectivity index (χ1n) is 7.24. The van der Waals surface area contributed by atoms with Gasteiger partial charge in [-0.3, -0.25) is 0 Å². The van der Waals surface area contributed by atoms with Crippen LogP contribution >= 0.6 is 35.0 Å². The zero-order valence-electron chi connectivity index (χ0n) is 12.8. The predicted octanol–water partition coefficient (Wildman–Crippen LogP) is 3.98. The van der Waals surface area contributed by atoms with E-state index in [1.165, 1.54) is 18.6 Å². The van der Waals surface area contributed by atoms with E-state index in [-0.39, 0.29) is 15.7 Å². The maximum Gasteiger partial charge on any atom is 0.181 e. The maximum absolute atomic E-state index is 12.5. The van der Waals surface area contributed by atoms with Crippen molar-refractivity contribution in [2.75, 3.05) is 25.6 Å². The van der Waals surface area contributed by atoms with E-state index in [1.54, 1.807) is 6.07 Å². The Kier molecular flexibility index (Phi) is 6.48. The molecule has 0 bridgehead atoms. The predicted molar refractivity (Wildman–Crippen MR) is 96.1 cm³/mol. The van der Waals surface area contributed by atoms with Crippen LogP contribution in [0, 0.1) is 0 Å². The highest BCUT2D eigenvalue weighted by molar-refractivity contribution is 7.99. The van der Waals surface area contributed by atoms with Crippen LogP contribution in [0.1, 0.15) is 19.3 Å². The Labute approximate surface area is 147 Å². The van der Waals surface area contributed by atoms with Gasteiger partial charge in [0.15, 0.2) is 9.84 Å². The molecule has 0 heterocycles. The van der Waals surface area contributed by atoms with Crippen molar-refractivity contribution in [3.63, 3.8) is 0 Å². The Morgan fingerprint density at radius 2 is 2.05 bits per heavy atom. The monoisotopic (exact) mass is 381 g/mol. The van der Waals surface area contributed by atoms with Gasteiger partial charge in [0.25, 0.3) is 0 Å². The number of hydrogen-bond acceptors (Lipinski definition) is 4. The van der Waals surface area contributed by atoms with Gasteiger partial charge in [0.2, 0.25) is 0 Å². The summed E-state index contributed by atoms with van der Waals surface area (Å²) >= 11 is 13.8. The van der Waals surface area contributed by atoms with Gasteiger partial charge in [-0.15, -0.1) is 0 Å². The molecular formula is C15H21Cl2NO2S2. The Morgan fingerprint density at radius 1 is 1.32 bits per heavy atom. The van der Waals surface area contributed by atoms with Crippen molar-refractivity contribution >= 4 is 44.8 Å². The van der Waals surface area contributed by atoms with Gasteiger partial charge in [0.1, 0.15) is 0 Å². The van der Waals surface area contributed by atoms with Gasteiger partial charge in [-0.2, -0.15) is 11.8 Å². The molecule has 1 aromatic rings. The number of halogens is 2. The topological polar surface area (TPSA) is 37.4 Å². The Bertz CT molecular complexity index is 622. The molecule has 0 N–H and O–H groups in total. The van der Waals surface area contributed by atoms with Crippen molar-refractivity contribution in [2.45, 2.75) is 35.4 Å². The highest BCUT2D eigenvalue weighted by Gasteiger charge is 2.28. The molecule has 0 radical (unpaired) electrons. The molecular weight excluding hydrogens is 361 g/mol. The second-order valence-electron chi connectivity index (χ2n) is 5.70. The van der Waals surface area contributed by atoms with Crippen LogP contribution in [0.2, 0.25) is 10.0 Å². The van der Waals surface area contributed by atoms with Gasteiger partial charge < -0.3 is 4.90 Å². The molecule has 1 aliphatic carbocycles. The number of benzene rings is 1. The first kappa shape index (κ1) is 18.4. The summed E-state index contributed by atoms with van der Waals surface area (Å²) in [6.45, 7) is 0.511. The molecule has 1 aliphatic rings. The lowest BCUT2D eigenvalue weighted by atomic mass is 10.2. The van der Waals surface area contributed by atoms with E-state index in [4.69, 9.17) is 23.2 Å². The summed E-state index contributed by atoms with van der Waals surface area (Å²) in [4.78, 5) is 2.29. The minimum absolute atomic E-state index is 0.0595. The summed E-state index contributed by atoms with van der Waals surface area (Å²) in [5.74, 6) is 0.0595. The fourth-order valence-corrected chi connectivity index (χ4v) is 5.72. The van der Waals surface area contributed by atoms with Gasteiger partial charge in [-0.25, -0.2) is 8.42 Å². The van der Waals surface area contributed by atoms with E-state index >= 15 is 0 Å². The van der Waals surface area contributed by atoms with E-state index in [9.17, 15) is 8.42 Å². The number of nitrogens with zero attached hydrogens (tertiary/aromatic N) is 1. The smallest absolute Gasteiger partial charge is 0.181 e. The number of sulfone groups is 1. The number of hydrogen-bond donors (Lipinski definition) is 0. The second-order valence-corrected chi connectivity index (χ2v) is 9.76. The SMILES string of the molecule is CSC1CCC(N(C)CCS(=O)(=O)c2cc(Cl)ccc2Cl)C1. The van der Waals surface area contributed by atoms with Crippen molar-refractivity contribution in [3.05, 3.63) is 28.2 Å². The summed E-state index contributed by atoms with van der Waals surface area (Å²) in [6.07, 6.45) is 5.62. The molecule has 0 saturated heterocycles. The van der Waals surface area contributed by atoms with Gasteiger partial charge in [0, 0.05) is 22.9 Å². The lowest BCUT2D eigenvalue weighted by Crippen LogP contribution is -2.34. The zero-order chi connectivity index (χ0) is 16.3. The molecule has 1 saturated carbocycles. The van der Waals surface area contributed by atoms with E-state index in [0.717, 1.165) is 12.8 Å². The van der Waals surface area contributed by atoms with Crippen LogP contribution in [0.3, 0.4) is 0 Å². The normalized spacial score (nSPS) is 22.4. The molecule has 2 rings (SSSR count). The molecule has 0 spiro atoms. The van der Waals surface area contributed by atoms with Crippen LogP contribution in [0.25, 0.3) is 0 Å². The van der Waals surface area contributed by atoms with Crippen molar-refractivity contribution in [1.29, 1.82) is 0 Å². The summed E-state index contributed by atoms with van der Waals surface area (Å²) in [6, 6.07) is 5.03. The maximum atomic E-state index is 12.5. The Morgan fingerprint density at radius 3 is 2.68 bits per heavy atom. The molecule has 2 atom stereocenters. The summed E-state index contributed by atoms with van der Waals surface area (Å²) < 4.78 is 24.9. The van der Waals surface area contributed by atoms with Gasteiger partial charge in [-0.1, -0.05) is 23.2 Å². The first-order valence-corrected chi connectivity index (χ1v) is 10.9. The minimum Gasteiger partial charge on any atom is -0.302 e. The van der Waals surface area contributed by atoms with E-state index in [2.05, 4.69) is 11.2 Å². The molecule has 2 unspecified atom stereocenters. The molecule has 22 heavy (non-hydrogen) atoms. The fourth-order valence-electron chi connectivity index (χ4n) is 2.80. The van der Waals surface area contributed by atoms with E-state index in [0.29, 0.717) is 22.9 Å². The lowest BCUT2D eigenvalue weighted by molar-refractivity contribution is 0.259. The van der Waals surface area contributed by atoms with Crippen molar-refractivity contribution < 1.29 is 8.42 Å². The quantitative estimate of drug-likeness (QED) is 0.746. The Hall–Kier alpha value is 0.0600. The van der Waals surface area contributed by atoms with Crippen LogP contribution in [-0.2, 0) is 9.84 Å². The number of rotatable bonds is 6. The molecule has 7 heteroatoms. The lowest BCUT2D eigenvalue weighted by Gasteiger charge is -2.24. The van der Waals surface area contributed by atoms with E-state index in [1.807, 2.05) is 18.8 Å². The van der Waals surface area contributed by atoms with Crippen molar-refractivity contribution in [2.24, 2.45) is 0 Å². The molecule has 124 valence electrons. The summed E-state index contributed by atoms with van der Waals surface area (Å²) in [5, 5.41) is 1.32. The minimum atomic E-state index is -3.42. The second kappa shape index (κ2) is 7.75. The van der Waals surface area contributed by atoms with Crippen LogP contribution in [0.15, 0.2) is 23.1 Å². The molecule has 3 nitrogen and oxygen atoms in total. The molecule has 1 aromatic carbocycles. The van der Waals surface area contributed by atoms with Crippen molar-refractivity contribution in [1.82, 2.24) is 4.90 Å². The molecule has 0 aliphatic heterocycles. The third-order valence-corrected chi connectivity index (χ3v) is 7.75. The third-order valence-electron chi connectivity index (χ3n) is 4.25. The fraction of sp³-hybridized carbons (Fsp3) is 0.600. The molecule has 1 fully saturated rings. The third kappa shape index (κ3) is 4.54. The van der Waals surface area contributed by atoms with Crippen LogP contribution < -0.4 is 0 Å². The molecule has 0 aromatic heterocycles. The average Bonchev–Trinajstić information content (AvgIpc) is 2.96. The summed E-state index contributed by atoms with van der Waals surface area (Å²) in [7, 11) is -1.42.